The smallest absolute Gasteiger partial charge is 0.0720 e. The van der Waals surface area contributed by atoms with E-state index in [-0.39, 0.29) is 5.41 Å². The Hall–Kier alpha value is -7.22. The van der Waals surface area contributed by atoms with Gasteiger partial charge in [0.05, 0.1) is 27.6 Å². The van der Waals surface area contributed by atoms with Gasteiger partial charge in [-0.15, -0.1) is 0 Å². The first-order valence-electron chi connectivity index (χ1n) is 21.4. The minimum atomic E-state index is -0.545. The van der Waals surface area contributed by atoms with E-state index in [2.05, 4.69) is 219 Å². The molecule has 2 spiro atoms. The van der Waals surface area contributed by atoms with Crippen LogP contribution >= 0.6 is 0 Å². The van der Waals surface area contributed by atoms with Crippen molar-refractivity contribution in [3.8, 4) is 39.1 Å². The van der Waals surface area contributed by atoms with Crippen molar-refractivity contribution in [3.63, 3.8) is 0 Å². The first-order chi connectivity index (χ1) is 29.6. The zero-order chi connectivity index (χ0) is 39.5. The van der Waals surface area contributed by atoms with Gasteiger partial charge in [-0.3, -0.25) is 0 Å². The van der Waals surface area contributed by atoms with Gasteiger partial charge in [0.25, 0.3) is 0 Å². The van der Waals surface area contributed by atoms with E-state index in [9.17, 15) is 0 Å². The normalized spacial score (nSPS) is 15.9. The second-order valence-corrected chi connectivity index (χ2v) is 17.9. The van der Waals surface area contributed by atoms with Gasteiger partial charge in [0.15, 0.2) is 0 Å². The SMILES string of the molecule is CC1(C)c2ccccc2-c2cc3c4ccccc4n(-c4cccc5c4-c4ccccc4C54c5ccccc5C5(c6ccccc6-c6ccccc65)c5ccccc54)c3cc21. The lowest BCUT2D eigenvalue weighted by molar-refractivity contribution is 0.633. The van der Waals surface area contributed by atoms with Crippen LogP contribution in [0.4, 0.5) is 0 Å². The monoisotopic (exact) mass is 761 g/mol. The van der Waals surface area contributed by atoms with Crippen LogP contribution in [0.25, 0.3) is 60.9 Å². The second-order valence-electron chi connectivity index (χ2n) is 17.9. The fourth-order valence-corrected chi connectivity index (χ4v) is 12.9. The predicted molar refractivity (Wildman–Crippen MR) is 247 cm³/mol. The number of hydrogen-bond donors (Lipinski definition) is 0. The average Bonchev–Trinajstić information content (AvgIpc) is 3.97. The largest absolute Gasteiger partial charge is 0.309 e. The molecule has 1 heteroatoms. The van der Waals surface area contributed by atoms with Gasteiger partial charge in [-0.2, -0.15) is 0 Å². The number of aromatic nitrogens is 1. The van der Waals surface area contributed by atoms with Crippen LogP contribution in [0.1, 0.15) is 69.5 Å². The average molecular weight is 762 g/mol. The molecule has 280 valence electrons. The molecular formula is C59H39N. The number of hydrogen-bond acceptors (Lipinski definition) is 0. The Morgan fingerprint density at radius 3 is 1.33 bits per heavy atom. The van der Waals surface area contributed by atoms with Crippen LogP contribution in [0.2, 0.25) is 0 Å². The molecule has 14 rings (SSSR count). The summed E-state index contributed by atoms with van der Waals surface area (Å²) in [5.41, 5.74) is 24.2. The number of para-hydroxylation sites is 1. The van der Waals surface area contributed by atoms with Gasteiger partial charge in [-0.1, -0.05) is 190 Å². The van der Waals surface area contributed by atoms with Gasteiger partial charge in [0.2, 0.25) is 0 Å². The van der Waals surface area contributed by atoms with Crippen molar-refractivity contribution in [1.82, 2.24) is 4.57 Å². The molecule has 1 nitrogen and oxygen atoms in total. The van der Waals surface area contributed by atoms with E-state index >= 15 is 0 Å². The third-order valence-corrected chi connectivity index (χ3v) is 15.1. The van der Waals surface area contributed by atoms with E-state index in [0.29, 0.717) is 0 Å². The lowest BCUT2D eigenvalue weighted by Gasteiger charge is -2.48. The molecule has 9 aromatic carbocycles. The summed E-state index contributed by atoms with van der Waals surface area (Å²) in [7, 11) is 0. The van der Waals surface area contributed by atoms with Crippen molar-refractivity contribution in [3.05, 3.63) is 256 Å². The van der Waals surface area contributed by atoms with E-state index in [1.807, 2.05) is 0 Å². The van der Waals surface area contributed by atoms with Gasteiger partial charge in [0.1, 0.15) is 0 Å². The number of benzene rings is 9. The van der Waals surface area contributed by atoms with E-state index in [0.717, 1.165) is 0 Å². The Morgan fingerprint density at radius 2 is 0.733 bits per heavy atom. The van der Waals surface area contributed by atoms with Crippen LogP contribution in [0.5, 0.6) is 0 Å². The highest BCUT2D eigenvalue weighted by Gasteiger charge is 2.59. The Kier molecular flexibility index (Phi) is 6.04. The van der Waals surface area contributed by atoms with Crippen molar-refractivity contribution in [2.75, 3.05) is 0 Å². The molecular weight excluding hydrogens is 723 g/mol. The summed E-state index contributed by atoms with van der Waals surface area (Å²) < 4.78 is 2.59. The minimum Gasteiger partial charge on any atom is -0.309 e. The van der Waals surface area contributed by atoms with Gasteiger partial charge in [-0.05, 0) is 108 Å². The van der Waals surface area contributed by atoms with Gasteiger partial charge in [-0.25, -0.2) is 0 Å². The van der Waals surface area contributed by atoms with Crippen molar-refractivity contribution < 1.29 is 0 Å². The van der Waals surface area contributed by atoms with Crippen molar-refractivity contribution in [1.29, 1.82) is 0 Å². The lowest BCUT2D eigenvalue weighted by atomic mass is 9.52. The summed E-state index contributed by atoms with van der Waals surface area (Å²) in [5.74, 6) is 0. The van der Waals surface area contributed by atoms with E-state index in [1.54, 1.807) is 0 Å². The molecule has 0 aliphatic heterocycles. The molecule has 0 radical (unpaired) electrons. The van der Waals surface area contributed by atoms with Crippen molar-refractivity contribution in [2.45, 2.75) is 30.1 Å². The Morgan fingerprint density at radius 1 is 0.300 bits per heavy atom. The Balaban J connectivity index is 1.11. The molecule has 0 saturated carbocycles. The molecule has 0 N–H and O–H groups in total. The molecule has 1 heterocycles. The highest BCUT2D eigenvalue weighted by atomic mass is 15.0. The van der Waals surface area contributed by atoms with Crippen LogP contribution in [0.15, 0.2) is 200 Å². The van der Waals surface area contributed by atoms with Gasteiger partial charge in [0, 0.05) is 21.8 Å². The molecule has 4 aliphatic carbocycles. The number of rotatable bonds is 1. The van der Waals surface area contributed by atoms with Gasteiger partial charge < -0.3 is 4.57 Å². The van der Waals surface area contributed by atoms with Crippen LogP contribution in [0.3, 0.4) is 0 Å². The quantitative estimate of drug-likeness (QED) is 0.157. The topological polar surface area (TPSA) is 4.93 Å². The summed E-state index contributed by atoms with van der Waals surface area (Å²) >= 11 is 0. The van der Waals surface area contributed by atoms with E-state index < -0.39 is 10.8 Å². The molecule has 1 aromatic heterocycles. The van der Waals surface area contributed by atoms with Crippen LogP contribution in [0, 0.1) is 0 Å². The summed E-state index contributed by atoms with van der Waals surface area (Å²) in [4.78, 5) is 0. The fourth-order valence-electron chi connectivity index (χ4n) is 12.9. The maximum absolute atomic E-state index is 2.59. The highest BCUT2D eigenvalue weighted by molar-refractivity contribution is 6.12. The minimum absolute atomic E-state index is 0.111. The van der Waals surface area contributed by atoms with Crippen LogP contribution in [-0.4, -0.2) is 4.57 Å². The summed E-state index contributed by atoms with van der Waals surface area (Å²) in [5, 5.41) is 2.58. The third-order valence-electron chi connectivity index (χ3n) is 15.1. The fraction of sp³-hybridized carbons (Fsp3) is 0.0847. The predicted octanol–water partition coefficient (Wildman–Crippen LogP) is 14.1. The second kappa shape index (κ2) is 11.1. The van der Waals surface area contributed by atoms with Gasteiger partial charge >= 0.3 is 0 Å². The molecule has 10 aromatic rings. The molecule has 0 bridgehead atoms. The van der Waals surface area contributed by atoms with Crippen molar-refractivity contribution in [2.24, 2.45) is 0 Å². The zero-order valence-electron chi connectivity index (χ0n) is 33.5. The molecule has 4 aliphatic rings. The Labute approximate surface area is 349 Å². The number of nitrogens with zero attached hydrogens (tertiary/aromatic N) is 1. The zero-order valence-corrected chi connectivity index (χ0v) is 33.5. The summed E-state index contributed by atoms with van der Waals surface area (Å²) in [6.07, 6.45) is 0. The molecule has 60 heavy (non-hydrogen) atoms. The standard InChI is InChI=1S/C59H39N/c1-57(2)43-23-8-3-20-38(43)41-34-42-39-21-7-16-32-53(39)60(55(42)35-52(41)57)54-33-17-31-51-56(54)40-22-6-11-26-46(40)59(51)49-29-14-12-27-47(49)58(48-28-13-15-30-50(48)59)44-24-9-4-18-36(44)37-19-5-10-25-45(37)58/h3-35H,1-2H3. The first kappa shape index (κ1) is 32.7. The molecule has 0 saturated heterocycles. The Bertz CT molecular complexity index is 3440. The van der Waals surface area contributed by atoms with Crippen molar-refractivity contribution >= 4 is 21.8 Å². The summed E-state index contributed by atoms with van der Waals surface area (Å²) in [6.45, 7) is 4.78. The maximum atomic E-state index is 2.59. The van der Waals surface area contributed by atoms with Crippen LogP contribution in [-0.2, 0) is 16.2 Å². The first-order valence-corrected chi connectivity index (χ1v) is 21.4. The van der Waals surface area contributed by atoms with E-state index in [4.69, 9.17) is 0 Å². The summed E-state index contributed by atoms with van der Waals surface area (Å²) in [6, 6.07) is 76.6. The molecule has 0 atom stereocenters. The molecule has 0 amide bonds. The van der Waals surface area contributed by atoms with Crippen LogP contribution < -0.4 is 0 Å². The molecule has 0 unspecified atom stereocenters. The third kappa shape index (κ3) is 3.57. The van der Waals surface area contributed by atoms with E-state index in [1.165, 1.54) is 117 Å². The maximum Gasteiger partial charge on any atom is 0.0720 e. The molecule has 0 fully saturated rings. The lowest BCUT2D eigenvalue weighted by Crippen LogP contribution is -2.43. The number of fused-ring (bicyclic) bond motifs is 22. The highest BCUT2D eigenvalue weighted by Crippen LogP contribution is 2.68.